The molecule has 3 aromatic rings. The van der Waals surface area contributed by atoms with Crippen LogP contribution in [-0.2, 0) is 0 Å². The smallest absolute Gasteiger partial charge is 0.0936 e. The van der Waals surface area contributed by atoms with Gasteiger partial charge in [-0.25, -0.2) is 0 Å². The molecule has 0 aliphatic heterocycles. The number of rotatable bonds is 2. The number of nitrogens with zero attached hydrogens (tertiary/aromatic N) is 1. The van der Waals surface area contributed by atoms with Gasteiger partial charge >= 0.3 is 0 Å². The maximum Gasteiger partial charge on any atom is 0.0936 e. The largest absolute Gasteiger partial charge is 0.354 e. The van der Waals surface area contributed by atoms with Gasteiger partial charge in [0.15, 0.2) is 0 Å². The van der Waals surface area contributed by atoms with Crippen molar-refractivity contribution in [3.05, 3.63) is 66.4 Å². The first-order valence-corrected chi connectivity index (χ1v) is 6.01. The first-order valence-electron chi connectivity index (χ1n) is 6.01. The molecule has 2 nitrogen and oxygen atoms in total. The molecule has 0 unspecified atom stereocenters. The normalized spacial score (nSPS) is 10.5. The molecule has 0 aliphatic rings. The lowest BCUT2D eigenvalue weighted by Gasteiger charge is -2.11. The first kappa shape index (κ1) is 10.8. The van der Waals surface area contributed by atoms with E-state index in [1.54, 1.807) is 0 Å². The molecule has 0 radical (unpaired) electrons. The van der Waals surface area contributed by atoms with Gasteiger partial charge in [-0.1, -0.05) is 36.4 Å². The lowest BCUT2D eigenvalue weighted by atomic mass is 10.1. The van der Waals surface area contributed by atoms with Gasteiger partial charge in [-0.3, -0.25) is 4.98 Å². The Kier molecular flexibility index (Phi) is 2.69. The number of fused-ring (bicyclic) bond motifs is 1. The van der Waals surface area contributed by atoms with E-state index in [-0.39, 0.29) is 0 Å². The molecule has 1 heterocycles. The highest BCUT2D eigenvalue weighted by Crippen LogP contribution is 2.25. The summed E-state index contributed by atoms with van der Waals surface area (Å²) >= 11 is 0. The molecule has 0 saturated carbocycles. The van der Waals surface area contributed by atoms with E-state index in [0.717, 1.165) is 22.3 Å². The number of aromatic nitrogens is 1. The zero-order valence-electron chi connectivity index (χ0n) is 10.2. The molecular formula is C16H14N2. The van der Waals surface area contributed by atoms with Crippen LogP contribution in [0.4, 0.5) is 11.4 Å². The number of pyridine rings is 1. The molecule has 0 bridgehead atoms. The van der Waals surface area contributed by atoms with Gasteiger partial charge < -0.3 is 5.32 Å². The lowest BCUT2D eigenvalue weighted by Crippen LogP contribution is -1.94. The van der Waals surface area contributed by atoms with Crippen LogP contribution in [0.1, 0.15) is 5.56 Å². The van der Waals surface area contributed by atoms with Crippen molar-refractivity contribution in [2.45, 2.75) is 6.92 Å². The van der Waals surface area contributed by atoms with Gasteiger partial charge in [0.05, 0.1) is 11.2 Å². The molecule has 18 heavy (non-hydrogen) atoms. The Bertz CT molecular complexity index is 684. The van der Waals surface area contributed by atoms with Crippen molar-refractivity contribution in [2.75, 3.05) is 5.32 Å². The van der Waals surface area contributed by atoms with Gasteiger partial charge in [-0.15, -0.1) is 0 Å². The van der Waals surface area contributed by atoms with Crippen molar-refractivity contribution in [3.63, 3.8) is 0 Å². The minimum atomic E-state index is 1.00. The number of hydrogen-bond acceptors (Lipinski definition) is 2. The van der Waals surface area contributed by atoms with Gasteiger partial charge in [0, 0.05) is 17.3 Å². The molecule has 1 aromatic heterocycles. The van der Waals surface area contributed by atoms with Crippen LogP contribution in [0, 0.1) is 6.92 Å². The van der Waals surface area contributed by atoms with Crippen LogP contribution < -0.4 is 5.32 Å². The van der Waals surface area contributed by atoms with Crippen LogP contribution >= 0.6 is 0 Å². The van der Waals surface area contributed by atoms with E-state index in [1.807, 2.05) is 30.5 Å². The number of benzene rings is 2. The molecule has 0 aliphatic carbocycles. The predicted molar refractivity (Wildman–Crippen MR) is 76.2 cm³/mol. The highest BCUT2D eigenvalue weighted by molar-refractivity contribution is 5.92. The van der Waals surface area contributed by atoms with Gasteiger partial charge in [0.2, 0.25) is 0 Å². The molecule has 0 fully saturated rings. The number of hydrogen-bond donors (Lipinski definition) is 1. The van der Waals surface area contributed by atoms with Gasteiger partial charge in [0.25, 0.3) is 0 Å². The summed E-state index contributed by atoms with van der Waals surface area (Å²) in [6, 6.07) is 18.5. The summed E-state index contributed by atoms with van der Waals surface area (Å²) in [6.45, 7) is 2.10. The quantitative estimate of drug-likeness (QED) is 0.715. The van der Waals surface area contributed by atoms with Crippen LogP contribution in [0.2, 0.25) is 0 Å². The summed E-state index contributed by atoms with van der Waals surface area (Å²) in [5.41, 5.74) is 4.40. The summed E-state index contributed by atoms with van der Waals surface area (Å²) in [6.07, 6.45) is 1.82. The standard InChI is InChI=1S/C16H14N2/c1-12-6-2-3-9-14(12)18-15-10-4-7-13-8-5-11-17-16(13)15/h2-11,18H,1H3. The number of para-hydroxylation sites is 2. The van der Waals surface area contributed by atoms with E-state index in [1.165, 1.54) is 5.56 Å². The zero-order valence-corrected chi connectivity index (χ0v) is 10.2. The van der Waals surface area contributed by atoms with Crippen molar-refractivity contribution in [1.29, 1.82) is 0 Å². The summed E-state index contributed by atoms with van der Waals surface area (Å²) < 4.78 is 0. The molecule has 1 N–H and O–H groups in total. The number of aryl methyl sites for hydroxylation is 1. The lowest BCUT2D eigenvalue weighted by molar-refractivity contribution is 1.39. The third-order valence-corrected chi connectivity index (χ3v) is 3.05. The molecule has 3 rings (SSSR count). The van der Waals surface area contributed by atoms with Crippen molar-refractivity contribution in [2.24, 2.45) is 0 Å². The Morgan fingerprint density at radius 2 is 1.61 bits per heavy atom. The molecule has 88 valence electrons. The Morgan fingerprint density at radius 1 is 0.833 bits per heavy atom. The van der Waals surface area contributed by atoms with E-state index < -0.39 is 0 Å². The molecule has 2 heteroatoms. The summed E-state index contributed by atoms with van der Waals surface area (Å²) in [7, 11) is 0. The van der Waals surface area contributed by atoms with E-state index in [2.05, 4.69) is 47.6 Å². The van der Waals surface area contributed by atoms with Crippen molar-refractivity contribution >= 4 is 22.3 Å². The second-order valence-electron chi connectivity index (χ2n) is 4.32. The Morgan fingerprint density at radius 3 is 2.50 bits per heavy atom. The topological polar surface area (TPSA) is 24.9 Å². The van der Waals surface area contributed by atoms with Crippen LogP contribution in [0.3, 0.4) is 0 Å². The third-order valence-electron chi connectivity index (χ3n) is 3.05. The van der Waals surface area contributed by atoms with Crippen molar-refractivity contribution < 1.29 is 0 Å². The third kappa shape index (κ3) is 1.93. The fraction of sp³-hybridized carbons (Fsp3) is 0.0625. The Balaban J connectivity index is 2.08. The molecule has 0 atom stereocenters. The maximum absolute atomic E-state index is 4.44. The zero-order chi connectivity index (χ0) is 12.4. The monoisotopic (exact) mass is 234 g/mol. The molecular weight excluding hydrogens is 220 g/mol. The van der Waals surface area contributed by atoms with Crippen LogP contribution in [0.25, 0.3) is 10.9 Å². The van der Waals surface area contributed by atoms with Crippen molar-refractivity contribution in [1.82, 2.24) is 4.98 Å². The summed E-state index contributed by atoms with van der Waals surface area (Å²) in [4.78, 5) is 4.44. The number of nitrogens with one attached hydrogen (secondary N) is 1. The van der Waals surface area contributed by atoms with E-state index in [0.29, 0.717) is 0 Å². The SMILES string of the molecule is Cc1ccccc1Nc1cccc2cccnc12. The average molecular weight is 234 g/mol. The van der Waals surface area contributed by atoms with Crippen LogP contribution in [0.15, 0.2) is 60.8 Å². The van der Waals surface area contributed by atoms with Gasteiger partial charge in [-0.2, -0.15) is 0 Å². The van der Waals surface area contributed by atoms with Crippen LogP contribution in [0.5, 0.6) is 0 Å². The second kappa shape index (κ2) is 4.49. The van der Waals surface area contributed by atoms with Gasteiger partial charge in [0.1, 0.15) is 0 Å². The first-order chi connectivity index (χ1) is 8.84. The molecule has 0 spiro atoms. The Hall–Kier alpha value is -2.35. The van der Waals surface area contributed by atoms with Crippen LogP contribution in [-0.4, -0.2) is 4.98 Å². The van der Waals surface area contributed by atoms with Crippen molar-refractivity contribution in [3.8, 4) is 0 Å². The van der Waals surface area contributed by atoms with E-state index in [4.69, 9.17) is 0 Å². The average Bonchev–Trinajstić information content (AvgIpc) is 2.42. The summed E-state index contributed by atoms with van der Waals surface area (Å²) in [5.74, 6) is 0. The van der Waals surface area contributed by atoms with E-state index in [9.17, 15) is 0 Å². The minimum absolute atomic E-state index is 1.00. The molecule has 2 aromatic carbocycles. The van der Waals surface area contributed by atoms with E-state index >= 15 is 0 Å². The molecule has 0 saturated heterocycles. The summed E-state index contributed by atoms with van der Waals surface area (Å²) in [5, 5.41) is 4.60. The minimum Gasteiger partial charge on any atom is -0.354 e. The molecule has 0 amide bonds. The Labute approximate surface area is 106 Å². The maximum atomic E-state index is 4.44. The second-order valence-corrected chi connectivity index (χ2v) is 4.32. The highest BCUT2D eigenvalue weighted by Gasteiger charge is 2.03. The fourth-order valence-electron chi connectivity index (χ4n) is 2.06. The van der Waals surface area contributed by atoms with Gasteiger partial charge in [-0.05, 0) is 30.7 Å². The predicted octanol–water partition coefficient (Wildman–Crippen LogP) is 4.29. The fourth-order valence-corrected chi connectivity index (χ4v) is 2.06. The highest BCUT2D eigenvalue weighted by atomic mass is 14.9. The number of anilines is 2.